The van der Waals surface area contributed by atoms with Crippen molar-refractivity contribution in [2.75, 3.05) is 13.1 Å². The predicted octanol–water partition coefficient (Wildman–Crippen LogP) is 2.94. The molecule has 5 aromatic rings. The molecule has 0 saturated carbocycles. The summed E-state index contributed by atoms with van der Waals surface area (Å²) in [5.74, 6) is 0.688. The third-order valence-electron chi connectivity index (χ3n) is 7.98. The minimum Gasteiger partial charge on any atom is -0.328 e. The van der Waals surface area contributed by atoms with E-state index < -0.39 is 5.69 Å². The lowest BCUT2D eigenvalue weighted by Crippen LogP contribution is -2.40. The lowest BCUT2D eigenvalue weighted by Gasteiger charge is -2.29. The van der Waals surface area contributed by atoms with Crippen molar-refractivity contribution >= 4 is 21.9 Å². The first-order valence-electron chi connectivity index (χ1n) is 13.6. The van der Waals surface area contributed by atoms with Gasteiger partial charge in [0.25, 0.3) is 5.56 Å². The Hall–Kier alpha value is -4.52. The van der Waals surface area contributed by atoms with Gasteiger partial charge in [-0.25, -0.2) is 9.78 Å². The standard InChI is InChI=1S/C31H31N7O2/c1-35-29-28(30(39)38(31(35)40)19-24-11-6-10-21-7-4-5-12-26(21)24)37(18-23-9-3-2-8-22(23)17-32)27(34-29)20-36-15-13-25(33)14-16-36/h2-12,25H,13-16,18-20,33H2,1H3. The van der Waals surface area contributed by atoms with Crippen molar-refractivity contribution < 1.29 is 0 Å². The number of imidazole rings is 1. The quantitative estimate of drug-likeness (QED) is 0.359. The molecule has 0 bridgehead atoms. The summed E-state index contributed by atoms with van der Waals surface area (Å²) in [5, 5.41) is 11.8. The monoisotopic (exact) mass is 533 g/mol. The van der Waals surface area contributed by atoms with Gasteiger partial charge in [0.15, 0.2) is 11.2 Å². The molecule has 0 atom stereocenters. The van der Waals surface area contributed by atoms with Crippen molar-refractivity contribution in [2.45, 2.75) is 38.5 Å². The van der Waals surface area contributed by atoms with E-state index in [2.05, 4.69) is 11.0 Å². The Balaban J connectivity index is 1.52. The van der Waals surface area contributed by atoms with Crippen LogP contribution in [0.25, 0.3) is 21.9 Å². The molecule has 202 valence electrons. The molecule has 1 fully saturated rings. The Kier molecular flexibility index (Phi) is 6.80. The zero-order valence-corrected chi connectivity index (χ0v) is 22.5. The number of nitriles is 1. The predicted molar refractivity (Wildman–Crippen MR) is 155 cm³/mol. The van der Waals surface area contributed by atoms with Gasteiger partial charge in [0, 0.05) is 26.2 Å². The first-order valence-corrected chi connectivity index (χ1v) is 13.6. The van der Waals surface area contributed by atoms with E-state index >= 15 is 0 Å². The van der Waals surface area contributed by atoms with Crippen molar-refractivity contribution in [2.24, 2.45) is 12.8 Å². The third-order valence-corrected chi connectivity index (χ3v) is 7.98. The average molecular weight is 534 g/mol. The van der Waals surface area contributed by atoms with E-state index in [9.17, 15) is 14.9 Å². The number of nitrogens with zero attached hydrogens (tertiary/aromatic N) is 6. The molecule has 0 radical (unpaired) electrons. The highest BCUT2D eigenvalue weighted by Gasteiger charge is 2.24. The number of hydrogen-bond donors (Lipinski definition) is 1. The number of aromatic nitrogens is 4. The minimum atomic E-state index is -0.414. The van der Waals surface area contributed by atoms with Crippen molar-refractivity contribution in [3.05, 3.63) is 110 Å². The highest BCUT2D eigenvalue weighted by Crippen LogP contribution is 2.21. The van der Waals surface area contributed by atoms with Crippen molar-refractivity contribution in [1.29, 1.82) is 5.26 Å². The van der Waals surface area contributed by atoms with Gasteiger partial charge in [-0.3, -0.25) is 18.8 Å². The summed E-state index contributed by atoms with van der Waals surface area (Å²) in [6, 6.07) is 23.7. The van der Waals surface area contributed by atoms with Crippen LogP contribution in [0.5, 0.6) is 0 Å². The summed E-state index contributed by atoms with van der Waals surface area (Å²) < 4.78 is 4.65. The van der Waals surface area contributed by atoms with Crippen molar-refractivity contribution in [1.82, 2.24) is 23.6 Å². The van der Waals surface area contributed by atoms with Crippen LogP contribution in [-0.4, -0.2) is 42.7 Å². The van der Waals surface area contributed by atoms with E-state index in [4.69, 9.17) is 10.7 Å². The molecule has 0 aliphatic carbocycles. The number of aryl methyl sites for hydroxylation is 1. The maximum atomic E-state index is 14.1. The van der Waals surface area contributed by atoms with Gasteiger partial charge in [0.05, 0.1) is 31.3 Å². The minimum absolute atomic E-state index is 0.141. The van der Waals surface area contributed by atoms with Crippen LogP contribution in [0.15, 0.2) is 76.3 Å². The molecular weight excluding hydrogens is 502 g/mol. The molecular formula is C31H31N7O2. The molecule has 9 heteroatoms. The Morgan fingerprint density at radius 2 is 1.57 bits per heavy atom. The topological polar surface area (TPSA) is 115 Å². The van der Waals surface area contributed by atoms with Crippen LogP contribution < -0.4 is 17.0 Å². The van der Waals surface area contributed by atoms with Crippen LogP contribution in [0.3, 0.4) is 0 Å². The van der Waals surface area contributed by atoms with E-state index in [1.165, 1.54) is 9.13 Å². The first kappa shape index (κ1) is 25.7. The number of piperidine rings is 1. The summed E-state index contributed by atoms with van der Waals surface area (Å²) >= 11 is 0. The van der Waals surface area contributed by atoms with E-state index in [1.807, 2.05) is 65.2 Å². The first-order chi connectivity index (χ1) is 19.4. The summed E-state index contributed by atoms with van der Waals surface area (Å²) in [5.41, 5.74) is 8.26. The fourth-order valence-corrected chi connectivity index (χ4v) is 5.70. The molecule has 1 aliphatic heterocycles. The summed E-state index contributed by atoms with van der Waals surface area (Å²) in [7, 11) is 1.66. The van der Waals surface area contributed by atoms with Crippen molar-refractivity contribution in [3.8, 4) is 6.07 Å². The van der Waals surface area contributed by atoms with Crippen LogP contribution in [0.4, 0.5) is 0 Å². The Morgan fingerprint density at radius 1 is 0.900 bits per heavy atom. The maximum Gasteiger partial charge on any atom is 0.332 e. The fourth-order valence-electron chi connectivity index (χ4n) is 5.70. The summed E-state index contributed by atoms with van der Waals surface area (Å²) in [4.78, 5) is 34.8. The highest BCUT2D eigenvalue weighted by atomic mass is 16.2. The molecule has 1 saturated heterocycles. The molecule has 3 heterocycles. The van der Waals surface area contributed by atoms with Gasteiger partial charge in [-0.05, 0) is 40.8 Å². The number of hydrogen-bond acceptors (Lipinski definition) is 6. The lowest BCUT2D eigenvalue weighted by atomic mass is 10.0. The highest BCUT2D eigenvalue weighted by molar-refractivity contribution is 5.85. The van der Waals surface area contributed by atoms with Gasteiger partial charge in [0.1, 0.15) is 5.82 Å². The zero-order chi connectivity index (χ0) is 27.8. The van der Waals surface area contributed by atoms with Gasteiger partial charge in [-0.15, -0.1) is 0 Å². The maximum absolute atomic E-state index is 14.1. The van der Waals surface area contributed by atoms with Crippen LogP contribution in [0.1, 0.15) is 35.4 Å². The smallest absolute Gasteiger partial charge is 0.328 e. The van der Waals surface area contributed by atoms with Gasteiger partial charge in [-0.1, -0.05) is 60.7 Å². The molecule has 9 nitrogen and oxygen atoms in total. The van der Waals surface area contributed by atoms with Crippen molar-refractivity contribution in [3.63, 3.8) is 0 Å². The second-order valence-corrected chi connectivity index (χ2v) is 10.5. The Bertz CT molecular complexity index is 1880. The molecule has 2 aromatic heterocycles. The van der Waals surface area contributed by atoms with Gasteiger partial charge >= 0.3 is 5.69 Å². The second kappa shape index (κ2) is 10.6. The van der Waals surface area contributed by atoms with E-state index in [0.717, 1.165) is 47.8 Å². The Labute approximate surface area is 231 Å². The zero-order valence-electron chi connectivity index (χ0n) is 22.5. The molecule has 3 aromatic carbocycles. The van der Waals surface area contributed by atoms with Gasteiger partial charge < -0.3 is 10.3 Å². The number of nitrogens with two attached hydrogens (primary N) is 1. The van der Waals surface area contributed by atoms with Crippen LogP contribution >= 0.6 is 0 Å². The SMILES string of the molecule is Cn1c(=O)n(Cc2cccc3ccccc23)c(=O)c2c1nc(CN1CCC(N)CC1)n2Cc1ccccc1C#N. The normalized spacial score (nSPS) is 14.6. The second-order valence-electron chi connectivity index (χ2n) is 10.5. The number of likely N-dealkylation sites (tertiary alicyclic amines) is 1. The number of benzene rings is 3. The number of rotatable bonds is 6. The largest absolute Gasteiger partial charge is 0.332 e. The molecule has 0 amide bonds. The Morgan fingerprint density at radius 3 is 2.38 bits per heavy atom. The van der Waals surface area contributed by atoms with E-state index in [0.29, 0.717) is 35.6 Å². The lowest BCUT2D eigenvalue weighted by molar-refractivity contribution is 0.199. The van der Waals surface area contributed by atoms with Gasteiger partial charge in [0.2, 0.25) is 0 Å². The fraction of sp³-hybridized carbons (Fsp3) is 0.290. The molecule has 0 spiro atoms. The molecule has 40 heavy (non-hydrogen) atoms. The molecule has 2 N–H and O–H groups in total. The van der Waals surface area contributed by atoms with Gasteiger partial charge in [-0.2, -0.15) is 5.26 Å². The summed E-state index contributed by atoms with van der Waals surface area (Å²) in [6.45, 7) is 2.63. The molecule has 0 unspecified atom stereocenters. The third kappa shape index (κ3) is 4.62. The average Bonchev–Trinajstić information content (AvgIpc) is 3.33. The summed E-state index contributed by atoms with van der Waals surface area (Å²) in [6.07, 6.45) is 1.79. The van der Waals surface area contributed by atoms with Crippen LogP contribution in [0, 0.1) is 11.3 Å². The molecule has 1 aliphatic rings. The van der Waals surface area contributed by atoms with E-state index in [1.54, 1.807) is 13.1 Å². The van der Waals surface area contributed by atoms with E-state index in [-0.39, 0.29) is 18.1 Å². The van der Waals surface area contributed by atoms with Crippen LogP contribution in [-0.2, 0) is 26.7 Å². The number of fused-ring (bicyclic) bond motifs is 2. The molecule has 6 rings (SSSR count). The van der Waals surface area contributed by atoms with Crippen LogP contribution in [0.2, 0.25) is 0 Å².